The van der Waals surface area contributed by atoms with E-state index in [-0.39, 0.29) is 24.0 Å². The van der Waals surface area contributed by atoms with Crippen LogP contribution in [0.25, 0.3) is 5.76 Å². The highest BCUT2D eigenvalue weighted by atomic mass is 16.5. The zero-order chi connectivity index (χ0) is 22.8. The number of carbonyl (C=O) groups excluding carboxylic acids is 2. The van der Waals surface area contributed by atoms with Crippen molar-refractivity contribution in [3.05, 3.63) is 64.7 Å². The van der Waals surface area contributed by atoms with E-state index in [1.54, 1.807) is 37.4 Å². The smallest absolute Gasteiger partial charge is 0.295 e. The highest BCUT2D eigenvalue weighted by molar-refractivity contribution is 6.46. The third kappa shape index (κ3) is 3.96. The molecule has 2 atom stereocenters. The fraction of sp³-hybridized carbons (Fsp3) is 0.360. The van der Waals surface area contributed by atoms with E-state index in [9.17, 15) is 14.7 Å². The first-order valence-corrected chi connectivity index (χ1v) is 10.6. The first-order chi connectivity index (χ1) is 15.4. The van der Waals surface area contributed by atoms with Crippen molar-refractivity contribution in [2.75, 3.05) is 27.4 Å². The summed E-state index contributed by atoms with van der Waals surface area (Å²) in [6, 6.07) is 11.6. The molecule has 4 rings (SSSR count). The molecule has 7 nitrogen and oxygen atoms in total. The molecule has 0 aromatic heterocycles. The van der Waals surface area contributed by atoms with Gasteiger partial charge in [0.1, 0.15) is 17.3 Å². The predicted molar refractivity (Wildman–Crippen MR) is 119 cm³/mol. The van der Waals surface area contributed by atoms with Crippen molar-refractivity contribution in [1.29, 1.82) is 0 Å². The van der Waals surface area contributed by atoms with Gasteiger partial charge in [-0.1, -0.05) is 29.8 Å². The largest absolute Gasteiger partial charge is 0.507 e. The van der Waals surface area contributed by atoms with Crippen molar-refractivity contribution in [1.82, 2.24) is 4.90 Å². The quantitative estimate of drug-likeness (QED) is 0.422. The van der Waals surface area contributed by atoms with E-state index in [1.807, 2.05) is 19.1 Å². The number of nitrogens with zero attached hydrogens (tertiary/aromatic N) is 1. The monoisotopic (exact) mass is 437 g/mol. The standard InChI is InChI=1S/C25H27NO6/c1-15-6-8-16(9-7-15)23(27)21-22(19-11-10-17(30-2)13-20(19)31-3)26(25(29)24(21)28)14-18-5-4-12-32-18/h6-11,13,18,22,27H,4-5,12,14H2,1-3H3. The second-order valence-electron chi connectivity index (χ2n) is 8.06. The molecule has 2 saturated heterocycles. The molecule has 1 amide bonds. The van der Waals surface area contributed by atoms with Crippen LogP contribution in [0.15, 0.2) is 48.0 Å². The lowest BCUT2D eigenvalue weighted by molar-refractivity contribution is -0.140. The van der Waals surface area contributed by atoms with Gasteiger partial charge in [0.25, 0.3) is 11.7 Å². The third-order valence-corrected chi connectivity index (χ3v) is 6.02. The van der Waals surface area contributed by atoms with Gasteiger partial charge in [-0.25, -0.2) is 0 Å². The van der Waals surface area contributed by atoms with Crippen LogP contribution in [-0.2, 0) is 14.3 Å². The van der Waals surface area contributed by atoms with E-state index in [0.29, 0.717) is 29.2 Å². The van der Waals surface area contributed by atoms with Crippen LogP contribution < -0.4 is 9.47 Å². The zero-order valence-electron chi connectivity index (χ0n) is 18.5. The minimum absolute atomic E-state index is 0.0420. The molecule has 0 radical (unpaired) electrons. The molecule has 168 valence electrons. The fourth-order valence-electron chi connectivity index (χ4n) is 4.31. The molecule has 2 aliphatic heterocycles. The van der Waals surface area contributed by atoms with E-state index in [1.165, 1.54) is 12.0 Å². The summed E-state index contributed by atoms with van der Waals surface area (Å²) < 4.78 is 16.6. The summed E-state index contributed by atoms with van der Waals surface area (Å²) in [5, 5.41) is 11.2. The number of aryl methyl sites for hydroxylation is 1. The molecule has 2 aromatic rings. The second kappa shape index (κ2) is 9.04. The van der Waals surface area contributed by atoms with Crippen LogP contribution >= 0.6 is 0 Å². The van der Waals surface area contributed by atoms with Crippen LogP contribution in [0.3, 0.4) is 0 Å². The predicted octanol–water partition coefficient (Wildman–Crippen LogP) is 3.61. The molecule has 0 saturated carbocycles. The van der Waals surface area contributed by atoms with Gasteiger partial charge in [0.05, 0.1) is 31.9 Å². The topological polar surface area (TPSA) is 85.3 Å². The molecular weight excluding hydrogens is 410 g/mol. The van der Waals surface area contributed by atoms with E-state index >= 15 is 0 Å². The molecule has 1 N–H and O–H groups in total. The molecule has 2 heterocycles. The summed E-state index contributed by atoms with van der Waals surface area (Å²) in [6.45, 7) is 2.83. The first-order valence-electron chi connectivity index (χ1n) is 10.6. The summed E-state index contributed by atoms with van der Waals surface area (Å²) in [4.78, 5) is 27.8. The molecule has 2 fully saturated rings. The summed E-state index contributed by atoms with van der Waals surface area (Å²) in [5.74, 6) is -0.536. The van der Waals surface area contributed by atoms with E-state index in [2.05, 4.69) is 0 Å². The number of methoxy groups -OCH3 is 2. The molecule has 2 unspecified atom stereocenters. The van der Waals surface area contributed by atoms with Crippen molar-refractivity contribution in [2.24, 2.45) is 0 Å². The van der Waals surface area contributed by atoms with Crippen molar-refractivity contribution < 1.29 is 28.9 Å². The number of Topliss-reactive ketones (excluding diaryl/α,β-unsaturated/α-hetero) is 1. The number of amides is 1. The average Bonchev–Trinajstić information content (AvgIpc) is 3.41. The molecule has 2 aliphatic rings. The number of aliphatic hydroxyl groups excluding tert-OH is 1. The van der Waals surface area contributed by atoms with Gasteiger partial charge in [0, 0.05) is 30.3 Å². The number of carbonyl (C=O) groups is 2. The maximum atomic E-state index is 13.2. The number of ketones is 1. The minimum atomic E-state index is -0.804. The number of likely N-dealkylation sites (tertiary alicyclic amines) is 1. The minimum Gasteiger partial charge on any atom is -0.507 e. The maximum Gasteiger partial charge on any atom is 0.295 e. The van der Waals surface area contributed by atoms with Crippen LogP contribution in [0.1, 0.15) is 35.6 Å². The van der Waals surface area contributed by atoms with Gasteiger partial charge in [0.2, 0.25) is 0 Å². The lowest BCUT2D eigenvalue weighted by atomic mass is 9.94. The summed E-state index contributed by atoms with van der Waals surface area (Å²) in [6.07, 6.45) is 1.57. The Labute approximate surface area is 187 Å². The number of rotatable bonds is 6. The Morgan fingerprint density at radius 3 is 2.50 bits per heavy atom. The Morgan fingerprint density at radius 1 is 1.12 bits per heavy atom. The van der Waals surface area contributed by atoms with Crippen LogP contribution in [0, 0.1) is 6.92 Å². The summed E-state index contributed by atoms with van der Waals surface area (Å²) in [7, 11) is 3.07. The van der Waals surface area contributed by atoms with Gasteiger partial charge >= 0.3 is 0 Å². The van der Waals surface area contributed by atoms with E-state index in [4.69, 9.17) is 14.2 Å². The van der Waals surface area contributed by atoms with Crippen LogP contribution in [0.5, 0.6) is 11.5 Å². The number of hydrogen-bond acceptors (Lipinski definition) is 6. The average molecular weight is 437 g/mol. The van der Waals surface area contributed by atoms with Crippen molar-refractivity contribution >= 4 is 17.4 Å². The third-order valence-electron chi connectivity index (χ3n) is 6.02. The molecule has 0 aliphatic carbocycles. The second-order valence-corrected chi connectivity index (χ2v) is 8.06. The van der Waals surface area contributed by atoms with Crippen molar-refractivity contribution in [3.63, 3.8) is 0 Å². The molecule has 2 aromatic carbocycles. The summed E-state index contributed by atoms with van der Waals surface area (Å²) >= 11 is 0. The van der Waals surface area contributed by atoms with Gasteiger partial charge in [-0.3, -0.25) is 9.59 Å². The highest BCUT2D eigenvalue weighted by Gasteiger charge is 2.48. The Balaban J connectivity index is 1.87. The SMILES string of the molecule is COc1ccc(C2C(=C(O)c3ccc(C)cc3)C(=O)C(=O)N2CC2CCCO2)c(OC)c1. The first kappa shape index (κ1) is 21.9. The highest BCUT2D eigenvalue weighted by Crippen LogP contribution is 2.44. The molecule has 0 bridgehead atoms. The van der Waals surface area contributed by atoms with Gasteiger partial charge in [-0.05, 0) is 31.9 Å². The van der Waals surface area contributed by atoms with Gasteiger partial charge < -0.3 is 24.2 Å². The normalized spacial score (nSPS) is 22.4. The van der Waals surface area contributed by atoms with Crippen molar-refractivity contribution in [3.8, 4) is 11.5 Å². The molecule has 32 heavy (non-hydrogen) atoms. The molecular formula is C25H27NO6. The number of hydrogen-bond donors (Lipinski definition) is 1. The fourth-order valence-corrected chi connectivity index (χ4v) is 4.31. The van der Waals surface area contributed by atoms with Crippen LogP contribution in [0.4, 0.5) is 0 Å². The summed E-state index contributed by atoms with van der Waals surface area (Å²) in [5.41, 5.74) is 2.14. The number of aliphatic hydroxyl groups is 1. The Bertz CT molecular complexity index is 1050. The Morgan fingerprint density at radius 2 is 1.88 bits per heavy atom. The lowest BCUT2D eigenvalue weighted by Gasteiger charge is -2.28. The van der Waals surface area contributed by atoms with E-state index < -0.39 is 17.7 Å². The van der Waals surface area contributed by atoms with Crippen LogP contribution in [0.2, 0.25) is 0 Å². The van der Waals surface area contributed by atoms with Crippen LogP contribution in [-0.4, -0.2) is 55.2 Å². The van der Waals surface area contributed by atoms with Gasteiger partial charge in [-0.2, -0.15) is 0 Å². The molecule has 0 spiro atoms. The van der Waals surface area contributed by atoms with Crippen molar-refractivity contribution in [2.45, 2.75) is 31.9 Å². The zero-order valence-corrected chi connectivity index (χ0v) is 18.5. The maximum absolute atomic E-state index is 13.2. The van der Waals surface area contributed by atoms with Gasteiger partial charge in [-0.15, -0.1) is 0 Å². The number of benzene rings is 2. The Kier molecular flexibility index (Phi) is 6.19. The van der Waals surface area contributed by atoms with Gasteiger partial charge in [0.15, 0.2) is 0 Å². The molecule has 7 heteroatoms. The lowest BCUT2D eigenvalue weighted by Crippen LogP contribution is -2.36. The van der Waals surface area contributed by atoms with E-state index in [0.717, 1.165) is 18.4 Å². The number of ether oxygens (including phenoxy) is 3. The Hall–Kier alpha value is -3.32.